The lowest BCUT2D eigenvalue weighted by atomic mass is 10.0. The van der Waals surface area contributed by atoms with Crippen molar-refractivity contribution < 1.29 is 32.6 Å². The van der Waals surface area contributed by atoms with Crippen molar-refractivity contribution in [2.24, 2.45) is 5.92 Å². The smallest absolute Gasteiger partial charge is 0.315 e. The Morgan fingerprint density at radius 1 is 1.03 bits per heavy atom. The fourth-order valence-corrected chi connectivity index (χ4v) is 5.32. The van der Waals surface area contributed by atoms with Crippen LogP contribution in [0.5, 0.6) is 11.5 Å². The second-order valence-electron chi connectivity index (χ2n) is 8.27. The van der Waals surface area contributed by atoms with Crippen LogP contribution in [0, 0.1) is 5.92 Å². The molecule has 2 unspecified atom stereocenters. The summed E-state index contributed by atoms with van der Waals surface area (Å²) in [5, 5.41) is 14.7. The zero-order valence-corrected chi connectivity index (χ0v) is 19.3. The van der Waals surface area contributed by atoms with Crippen molar-refractivity contribution in [3.05, 3.63) is 59.7 Å². The van der Waals surface area contributed by atoms with E-state index in [1.807, 2.05) is 19.9 Å². The van der Waals surface area contributed by atoms with E-state index in [1.54, 1.807) is 42.5 Å². The Morgan fingerprint density at radius 2 is 1.73 bits per heavy atom. The molecule has 2 atom stereocenters. The van der Waals surface area contributed by atoms with Gasteiger partial charge < -0.3 is 25.2 Å². The molecular formula is C23H28N2O7S. The minimum Gasteiger partial charge on any atom is -0.481 e. The van der Waals surface area contributed by atoms with Crippen molar-refractivity contribution >= 4 is 21.8 Å². The van der Waals surface area contributed by atoms with E-state index >= 15 is 0 Å². The third-order valence-electron chi connectivity index (χ3n) is 5.27. The van der Waals surface area contributed by atoms with E-state index in [9.17, 15) is 23.1 Å². The van der Waals surface area contributed by atoms with Crippen molar-refractivity contribution in [1.29, 1.82) is 0 Å². The molecule has 0 saturated carbocycles. The number of nitrogens with one attached hydrogen (secondary N) is 2. The normalized spacial score (nSPS) is 14.5. The van der Waals surface area contributed by atoms with Gasteiger partial charge in [-0.1, -0.05) is 50.2 Å². The minimum atomic E-state index is -3.50. The number of sulfone groups is 1. The van der Waals surface area contributed by atoms with Gasteiger partial charge in [-0.2, -0.15) is 0 Å². The molecule has 0 radical (unpaired) electrons. The van der Waals surface area contributed by atoms with E-state index in [4.69, 9.17) is 9.47 Å². The number of carbonyl (C=O) groups is 2. The number of ether oxygens (including phenoxy) is 2. The molecule has 1 aliphatic rings. The van der Waals surface area contributed by atoms with Crippen LogP contribution in [0.15, 0.2) is 48.5 Å². The molecule has 0 spiro atoms. The largest absolute Gasteiger partial charge is 0.481 e. The van der Waals surface area contributed by atoms with Gasteiger partial charge in [0, 0.05) is 6.04 Å². The number of amides is 2. The second-order valence-corrected chi connectivity index (χ2v) is 10.4. The quantitative estimate of drug-likeness (QED) is 0.480. The van der Waals surface area contributed by atoms with Crippen LogP contribution in [0.3, 0.4) is 0 Å². The first-order valence-corrected chi connectivity index (χ1v) is 12.4. The van der Waals surface area contributed by atoms with E-state index in [0.717, 1.165) is 0 Å². The molecule has 3 rings (SSSR count). The van der Waals surface area contributed by atoms with Gasteiger partial charge in [-0.3, -0.25) is 4.79 Å². The Morgan fingerprint density at radius 3 is 2.39 bits per heavy atom. The summed E-state index contributed by atoms with van der Waals surface area (Å²) >= 11 is 0. The Kier molecular flexibility index (Phi) is 7.80. The summed E-state index contributed by atoms with van der Waals surface area (Å²) in [6, 6.07) is 11.6. The number of rotatable bonds is 10. The maximum Gasteiger partial charge on any atom is 0.315 e. The predicted molar refractivity (Wildman–Crippen MR) is 122 cm³/mol. The monoisotopic (exact) mass is 476 g/mol. The predicted octanol–water partition coefficient (Wildman–Crippen LogP) is 2.87. The third-order valence-corrected chi connectivity index (χ3v) is 6.91. The van der Waals surface area contributed by atoms with Gasteiger partial charge in [0.25, 0.3) is 0 Å². The number of carbonyl (C=O) groups excluding carboxylic acids is 1. The van der Waals surface area contributed by atoms with Gasteiger partial charge in [-0.15, -0.1) is 0 Å². The molecule has 178 valence electrons. The van der Waals surface area contributed by atoms with E-state index < -0.39 is 33.9 Å². The fraction of sp³-hybridized carbons (Fsp3) is 0.391. The van der Waals surface area contributed by atoms with Crippen LogP contribution in [-0.2, 0) is 20.4 Å². The average Bonchev–Trinajstić information content (AvgIpc) is 3.20. The first kappa shape index (κ1) is 24.4. The number of carboxylic acids is 1. The molecule has 2 amide bonds. The lowest BCUT2D eigenvalue weighted by molar-refractivity contribution is -0.137. The summed E-state index contributed by atoms with van der Waals surface area (Å²) in [6.07, 6.45) is -0.355. The molecule has 10 heteroatoms. The topological polar surface area (TPSA) is 131 Å². The summed E-state index contributed by atoms with van der Waals surface area (Å²) in [5.41, 5.74) is 1.21. The van der Waals surface area contributed by atoms with Gasteiger partial charge in [0.2, 0.25) is 6.79 Å². The summed E-state index contributed by atoms with van der Waals surface area (Å²) in [4.78, 5) is 24.1. The molecule has 2 aromatic rings. The van der Waals surface area contributed by atoms with Gasteiger partial charge >= 0.3 is 12.0 Å². The van der Waals surface area contributed by atoms with Crippen LogP contribution in [0.25, 0.3) is 0 Å². The van der Waals surface area contributed by atoms with Gasteiger partial charge in [0.15, 0.2) is 21.3 Å². The Bertz CT molecular complexity index is 1090. The molecule has 33 heavy (non-hydrogen) atoms. The third kappa shape index (κ3) is 7.11. The lowest BCUT2D eigenvalue weighted by Crippen LogP contribution is -2.48. The number of benzene rings is 2. The van der Waals surface area contributed by atoms with Crippen molar-refractivity contribution in [1.82, 2.24) is 10.6 Å². The first-order chi connectivity index (χ1) is 15.6. The van der Waals surface area contributed by atoms with Gasteiger partial charge in [0.05, 0.1) is 24.0 Å². The van der Waals surface area contributed by atoms with Crippen molar-refractivity contribution in [3.63, 3.8) is 0 Å². The fourth-order valence-electron chi connectivity index (χ4n) is 3.49. The van der Waals surface area contributed by atoms with Crippen molar-refractivity contribution in [3.8, 4) is 11.5 Å². The lowest BCUT2D eigenvalue weighted by Gasteiger charge is -2.25. The van der Waals surface area contributed by atoms with Crippen molar-refractivity contribution in [2.75, 3.05) is 12.5 Å². The Hall–Kier alpha value is -3.27. The minimum absolute atomic E-state index is 0.0732. The van der Waals surface area contributed by atoms with Gasteiger partial charge in [0.1, 0.15) is 0 Å². The highest BCUT2D eigenvalue weighted by atomic mass is 32.2. The highest BCUT2D eigenvalue weighted by Crippen LogP contribution is 2.34. The maximum atomic E-state index is 12.7. The highest BCUT2D eigenvalue weighted by Gasteiger charge is 2.26. The van der Waals surface area contributed by atoms with Crippen LogP contribution in [0.4, 0.5) is 4.79 Å². The number of fused-ring (bicyclic) bond motifs is 1. The summed E-state index contributed by atoms with van der Waals surface area (Å²) < 4.78 is 36.0. The molecular weight excluding hydrogens is 448 g/mol. The Balaban J connectivity index is 1.68. The molecule has 0 bridgehead atoms. The van der Waals surface area contributed by atoms with Crippen LogP contribution in [0.1, 0.15) is 37.4 Å². The Labute approximate surface area is 193 Å². The zero-order chi connectivity index (χ0) is 24.0. The van der Waals surface area contributed by atoms with Crippen LogP contribution in [-0.4, -0.2) is 44.1 Å². The zero-order valence-electron chi connectivity index (χ0n) is 18.5. The van der Waals surface area contributed by atoms with E-state index in [1.165, 1.54) is 0 Å². The molecule has 0 aliphatic carbocycles. The van der Waals surface area contributed by atoms with E-state index in [2.05, 4.69) is 10.6 Å². The molecule has 0 fully saturated rings. The van der Waals surface area contributed by atoms with Crippen LogP contribution < -0.4 is 20.1 Å². The summed E-state index contributed by atoms with van der Waals surface area (Å²) in [5.74, 6) is -0.605. The number of urea groups is 1. The van der Waals surface area contributed by atoms with E-state index in [-0.39, 0.29) is 30.6 Å². The van der Waals surface area contributed by atoms with Gasteiger partial charge in [-0.25, -0.2) is 13.2 Å². The molecule has 9 nitrogen and oxygen atoms in total. The standard InChI is InChI=1S/C23H28N2O7S/c1-15(2)19(13-33(29,30)12-16-6-4-3-5-7-16)25-23(28)24-18(11-22(26)27)17-8-9-20-21(10-17)32-14-31-20/h3-10,15,18-19H,11-14H2,1-2H3,(H,26,27)(H2,24,25,28). The molecule has 2 aromatic carbocycles. The average molecular weight is 477 g/mol. The molecule has 3 N–H and O–H groups in total. The van der Waals surface area contributed by atoms with Crippen LogP contribution >= 0.6 is 0 Å². The molecule has 0 aromatic heterocycles. The van der Waals surface area contributed by atoms with Crippen LogP contribution in [0.2, 0.25) is 0 Å². The number of hydrogen-bond acceptors (Lipinski definition) is 6. The van der Waals surface area contributed by atoms with Crippen molar-refractivity contribution in [2.45, 2.75) is 38.1 Å². The van der Waals surface area contributed by atoms with Gasteiger partial charge in [-0.05, 0) is 29.2 Å². The molecule has 1 aliphatic heterocycles. The first-order valence-electron chi connectivity index (χ1n) is 10.6. The number of hydrogen-bond donors (Lipinski definition) is 3. The summed E-state index contributed by atoms with van der Waals surface area (Å²) in [7, 11) is -3.50. The number of aliphatic carboxylic acids is 1. The number of carboxylic acid groups (broad SMARTS) is 1. The summed E-state index contributed by atoms with van der Waals surface area (Å²) in [6.45, 7) is 3.70. The second kappa shape index (κ2) is 10.6. The maximum absolute atomic E-state index is 12.7. The SMILES string of the molecule is CC(C)C(CS(=O)(=O)Cc1ccccc1)NC(=O)NC(CC(=O)O)c1ccc2c(c1)OCO2. The molecule has 1 heterocycles. The highest BCUT2D eigenvalue weighted by molar-refractivity contribution is 7.90. The van der Waals surface area contributed by atoms with E-state index in [0.29, 0.717) is 22.6 Å². The molecule has 0 saturated heterocycles.